The minimum Gasteiger partial charge on any atom is -0.443 e. The first-order valence-corrected chi connectivity index (χ1v) is 7.88. The number of nitrogens with one attached hydrogen (secondary N) is 1. The maximum atomic E-state index is 13.1. The molecule has 27 heavy (non-hydrogen) atoms. The molecule has 0 radical (unpaired) electrons. The van der Waals surface area contributed by atoms with Crippen molar-refractivity contribution in [3.8, 4) is 0 Å². The van der Waals surface area contributed by atoms with Crippen LogP contribution in [0.4, 0.5) is 39.9 Å². The number of benzene rings is 1. The van der Waals surface area contributed by atoms with Gasteiger partial charge in [-0.3, -0.25) is 0 Å². The van der Waals surface area contributed by atoms with E-state index >= 15 is 0 Å². The summed E-state index contributed by atoms with van der Waals surface area (Å²) in [5.74, 6) is -12.6. The highest BCUT2D eigenvalue weighted by Crippen LogP contribution is 2.46. The quantitative estimate of drug-likeness (QED) is 0.686. The van der Waals surface area contributed by atoms with Gasteiger partial charge in [-0.15, -0.1) is 11.3 Å². The number of alkyl halides is 7. The highest BCUT2D eigenvalue weighted by molar-refractivity contribution is 7.18. The van der Waals surface area contributed by atoms with E-state index in [-0.39, 0.29) is 5.01 Å². The molecule has 1 amide bonds. The Morgan fingerprint density at radius 2 is 1.85 bits per heavy atom. The maximum absolute atomic E-state index is 13.1. The number of amides is 1. The molecule has 1 N–H and O–H groups in total. The Labute approximate surface area is 150 Å². The number of alkyl carbamates (subject to hydrolysis) is 1. The van der Waals surface area contributed by atoms with Crippen LogP contribution >= 0.6 is 11.3 Å². The highest BCUT2D eigenvalue weighted by Gasteiger charge is 2.73. The summed E-state index contributed by atoms with van der Waals surface area (Å²) < 4.78 is 105. The molecule has 1 atom stereocenters. The summed E-state index contributed by atoms with van der Waals surface area (Å²) in [5.41, 5.74) is 0.384. The van der Waals surface area contributed by atoms with Crippen LogP contribution in [0.25, 0.3) is 10.2 Å². The average molecular weight is 422 g/mol. The number of halogens is 8. The maximum Gasteiger partial charge on any atom is 0.460 e. The molecule has 1 heterocycles. The zero-order chi connectivity index (χ0) is 20.6. The first-order valence-electron chi connectivity index (χ1n) is 7.06. The largest absolute Gasteiger partial charge is 0.460 e. The van der Waals surface area contributed by atoms with Gasteiger partial charge in [0.1, 0.15) is 10.8 Å². The molecule has 0 aliphatic rings. The summed E-state index contributed by atoms with van der Waals surface area (Å²) in [4.78, 5) is 15.5. The third-order valence-electron chi connectivity index (χ3n) is 3.27. The number of rotatable bonds is 5. The summed E-state index contributed by atoms with van der Waals surface area (Å²) in [7, 11) is 0. The van der Waals surface area contributed by atoms with Crippen molar-refractivity contribution in [3.05, 3.63) is 29.0 Å². The van der Waals surface area contributed by atoms with Gasteiger partial charge < -0.3 is 10.1 Å². The number of thiazole rings is 1. The number of nitrogens with zero attached hydrogens (tertiary/aromatic N) is 1. The van der Waals surface area contributed by atoms with Crippen molar-refractivity contribution >= 4 is 27.6 Å². The third-order valence-corrected chi connectivity index (χ3v) is 4.47. The molecule has 2 aromatic rings. The fourth-order valence-electron chi connectivity index (χ4n) is 1.84. The fraction of sp³-hybridized carbons (Fsp3) is 0.429. The smallest absolute Gasteiger partial charge is 0.443 e. The van der Waals surface area contributed by atoms with E-state index in [1.807, 2.05) is 5.32 Å². The van der Waals surface area contributed by atoms with Crippen LogP contribution in [0.1, 0.15) is 18.0 Å². The Morgan fingerprint density at radius 1 is 1.22 bits per heavy atom. The van der Waals surface area contributed by atoms with Crippen LogP contribution in [0.15, 0.2) is 18.2 Å². The van der Waals surface area contributed by atoms with Crippen molar-refractivity contribution in [1.82, 2.24) is 10.3 Å². The lowest BCUT2D eigenvalue weighted by molar-refractivity contribution is -0.359. The SMILES string of the molecule is CC(NC(=O)OCC(F)(F)C(F)(F)C(F)(F)F)c1nc2ccc(F)cc2s1. The van der Waals surface area contributed by atoms with Crippen LogP contribution in [-0.4, -0.2) is 35.7 Å². The van der Waals surface area contributed by atoms with Crippen LogP contribution in [0.3, 0.4) is 0 Å². The zero-order valence-corrected chi connectivity index (χ0v) is 14.0. The van der Waals surface area contributed by atoms with Crippen LogP contribution in [0.2, 0.25) is 0 Å². The second kappa shape index (κ2) is 7.09. The van der Waals surface area contributed by atoms with Gasteiger partial charge >= 0.3 is 24.1 Å². The molecule has 1 aromatic heterocycles. The number of aromatic nitrogens is 1. The highest BCUT2D eigenvalue weighted by atomic mass is 32.1. The molecule has 0 fully saturated rings. The molecule has 0 aliphatic heterocycles. The van der Waals surface area contributed by atoms with Gasteiger partial charge in [-0.2, -0.15) is 30.7 Å². The van der Waals surface area contributed by atoms with Gasteiger partial charge in [-0.25, -0.2) is 14.2 Å². The van der Waals surface area contributed by atoms with Crippen molar-refractivity contribution in [1.29, 1.82) is 0 Å². The van der Waals surface area contributed by atoms with Crippen LogP contribution in [0.5, 0.6) is 0 Å². The second-order valence-corrected chi connectivity index (χ2v) is 6.45. The van der Waals surface area contributed by atoms with Gasteiger partial charge in [-0.1, -0.05) is 0 Å². The lowest BCUT2D eigenvalue weighted by atomic mass is 10.2. The van der Waals surface area contributed by atoms with E-state index in [4.69, 9.17) is 0 Å². The van der Waals surface area contributed by atoms with Crippen molar-refractivity contribution < 1.29 is 44.7 Å². The monoisotopic (exact) mass is 422 g/mol. The van der Waals surface area contributed by atoms with Gasteiger partial charge in [0, 0.05) is 0 Å². The lowest BCUT2D eigenvalue weighted by Gasteiger charge is -2.27. The minimum atomic E-state index is -6.51. The standard InChI is InChI=1S/C14H10F8N2O2S/c1-6(10-24-8-3-2-7(15)4-9(8)27-10)23-11(25)26-5-12(16,17)13(18,19)14(20,21)22/h2-4,6H,5H2,1H3,(H,23,25). The molecule has 0 spiro atoms. The molecule has 4 nitrogen and oxygen atoms in total. The summed E-state index contributed by atoms with van der Waals surface area (Å²) in [6.07, 6.45) is -8.16. The van der Waals surface area contributed by atoms with Crippen LogP contribution in [-0.2, 0) is 4.74 Å². The zero-order valence-electron chi connectivity index (χ0n) is 13.2. The molecule has 1 unspecified atom stereocenters. The van der Waals surface area contributed by atoms with Crippen molar-refractivity contribution in [2.75, 3.05) is 6.61 Å². The van der Waals surface area contributed by atoms with E-state index in [0.717, 1.165) is 17.4 Å². The number of carbonyl (C=O) groups excluding carboxylic acids is 1. The van der Waals surface area contributed by atoms with E-state index in [0.29, 0.717) is 10.2 Å². The molecule has 13 heteroatoms. The molecule has 1 aromatic carbocycles. The average Bonchev–Trinajstić information content (AvgIpc) is 2.95. The Morgan fingerprint density at radius 3 is 2.44 bits per heavy atom. The molecular formula is C14H10F8N2O2S. The summed E-state index contributed by atoms with van der Waals surface area (Å²) in [6.45, 7) is -1.15. The molecule has 2 rings (SSSR count). The van der Waals surface area contributed by atoms with Crippen molar-refractivity contribution in [2.45, 2.75) is 31.0 Å². The van der Waals surface area contributed by atoms with Gasteiger partial charge in [-0.05, 0) is 25.1 Å². The number of hydrogen-bond donors (Lipinski definition) is 1. The van der Waals surface area contributed by atoms with E-state index in [9.17, 15) is 39.9 Å². The number of carbonyl (C=O) groups is 1. The van der Waals surface area contributed by atoms with E-state index in [2.05, 4.69) is 9.72 Å². The summed E-state index contributed by atoms with van der Waals surface area (Å²) in [6, 6.07) is 2.70. The minimum absolute atomic E-state index is 0.208. The third kappa shape index (κ3) is 4.39. The molecule has 150 valence electrons. The number of ether oxygens (including phenoxy) is 1. The first-order chi connectivity index (χ1) is 12.2. The number of hydrogen-bond acceptors (Lipinski definition) is 4. The van der Waals surface area contributed by atoms with Gasteiger partial charge in [0.25, 0.3) is 0 Å². The predicted molar refractivity (Wildman–Crippen MR) is 78.4 cm³/mol. The topological polar surface area (TPSA) is 51.2 Å². The first kappa shape index (κ1) is 21.1. The second-order valence-electron chi connectivity index (χ2n) is 5.38. The molecule has 0 aliphatic carbocycles. The number of fused-ring (bicyclic) bond motifs is 1. The Bertz CT molecular complexity index is 836. The van der Waals surface area contributed by atoms with Crippen molar-refractivity contribution in [2.24, 2.45) is 0 Å². The molecule has 0 saturated heterocycles. The van der Waals surface area contributed by atoms with Crippen molar-refractivity contribution in [3.63, 3.8) is 0 Å². The Balaban J connectivity index is 2.00. The van der Waals surface area contributed by atoms with Gasteiger partial charge in [0.2, 0.25) is 0 Å². The van der Waals surface area contributed by atoms with Gasteiger partial charge in [0.05, 0.1) is 16.3 Å². The molecular weight excluding hydrogens is 412 g/mol. The van der Waals surface area contributed by atoms with Crippen LogP contribution < -0.4 is 5.32 Å². The fourth-order valence-corrected chi connectivity index (χ4v) is 2.83. The lowest BCUT2D eigenvalue weighted by Crippen LogP contribution is -2.54. The normalized spacial score (nSPS) is 14.3. The molecule has 0 saturated carbocycles. The Hall–Kier alpha value is -2.18. The van der Waals surface area contributed by atoms with Crippen LogP contribution in [0, 0.1) is 5.82 Å². The van der Waals surface area contributed by atoms with E-state index < -0.39 is 42.6 Å². The molecule has 0 bridgehead atoms. The van der Waals surface area contributed by atoms with E-state index in [1.54, 1.807) is 0 Å². The predicted octanol–water partition coefficient (Wildman–Crippen LogP) is 5.06. The van der Waals surface area contributed by atoms with Gasteiger partial charge in [0.15, 0.2) is 6.61 Å². The van der Waals surface area contributed by atoms with E-state index in [1.165, 1.54) is 19.1 Å². The summed E-state index contributed by atoms with van der Waals surface area (Å²) >= 11 is 0.954. The Kier molecular flexibility index (Phi) is 5.55. The summed E-state index contributed by atoms with van der Waals surface area (Å²) in [5, 5.41) is 2.18.